The summed E-state index contributed by atoms with van der Waals surface area (Å²) in [6.07, 6.45) is 4.20. The molecule has 92 valence electrons. The van der Waals surface area contributed by atoms with Gasteiger partial charge in [0.2, 0.25) is 0 Å². The predicted octanol–water partition coefficient (Wildman–Crippen LogP) is 4.09. The molecule has 0 N–H and O–H groups in total. The molecule has 0 saturated heterocycles. The molecule has 2 aromatic heterocycles. The van der Waals surface area contributed by atoms with E-state index in [0.717, 1.165) is 5.65 Å². The Balaban J connectivity index is 2.49. The van der Waals surface area contributed by atoms with Gasteiger partial charge in [-0.2, -0.15) is 0 Å². The second kappa shape index (κ2) is 3.58. The summed E-state index contributed by atoms with van der Waals surface area (Å²) in [5.74, 6) is 0. The second-order valence-corrected chi connectivity index (χ2v) is 5.94. The Labute approximate surface area is 107 Å². The highest BCUT2D eigenvalue weighted by atomic mass is 15.0. The van der Waals surface area contributed by atoms with Gasteiger partial charge in [-0.15, -0.1) is 0 Å². The summed E-state index contributed by atoms with van der Waals surface area (Å²) in [4.78, 5) is 4.62. The Morgan fingerprint density at radius 1 is 1.06 bits per heavy atom. The van der Waals surface area contributed by atoms with Crippen LogP contribution in [0.25, 0.3) is 16.4 Å². The minimum atomic E-state index is 0.105. The molecule has 18 heavy (non-hydrogen) atoms. The zero-order valence-corrected chi connectivity index (χ0v) is 11.4. The van der Waals surface area contributed by atoms with Crippen molar-refractivity contribution in [2.24, 2.45) is 0 Å². The van der Waals surface area contributed by atoms with Gasteiger partial charge in [0.25, 0.3) is 0 Å². The maximum absolute atomic E-state index is 4.62. The first kappa shape index (κ1) is 11.3. The number of rotatable bonds is 0. The van der Waals surface area contributed by atoms with Gasteiger partial charge < -0.3 is 4.40 Å². The lowest BCUT2D eigenvalue weighted by Crippen LogP contribution is -2.14. The van der Waals surface area contributed by atoms with E-state index in [2.05, 4.69) is 67.5 Å². The number of pyridine rings is 1. The van der Waals surface area contributed by atoms with E-state index < -0.39 is 0 Å². The Morgan fingerprint density at radius 3 is 2.39 bits per heavy atom. The van der Waals surface area contributed by atoms with Gasteiger partial charge in [-0.1, -0.05) is 45.0 Å². The molecule has 0 radical (unpaired) electrons. The third kappa shape index (κ3) is 1.52. The number of nitrogens with zero attached hydrogens (tertiary/aromatic N) is 2. The lowest BCUT2D eigenvalue weighted by Gasteiger charge is -2.18. The van der Waals surface area contributed by atoms with E-state index in [1.54, 1.807) is 0 Å². The number of aryl methyl sites for hydroxylation is 1. The van der Waals surface area contributed by atoms with E-state index in [9.17, 15) is 0 Å². The fraction of sp³-hybridized carbons (Fsp3) is 0.312. The monoisotopic (exact) mass is 238 g/mol. The number of hydrogen-bond acceptors (Lipinski definition) is 1. The standard InChI is InChI=1S/C16H18N2/c1-11-10-18-14(16(2,3)4)9-17-15(18)13-8-6-5-7-12(11)13/h5-10H,1-4H3. The molecule has 0 spiro atoms. The van der Waals surface area contributed by atoms with Crippen LogP contribution >= 0.6 is 0 Å². The van der Waals surface area contributed by atoms with E-state index in [1.165, 1.54) is 22.0 Å². The summed E-state index contributed by atoms with van der Waals surface area (Å²) < 4.78 is 2.23. The maximum Gasteiger partial charge on any atom is 0.144 e. The Kier molecular flexibility index (Phi) is 2.24. The molecule has 0 aliphatic carbocycles. The van der Waals surface area contributed by atoms with Crippen LogP contribution in [0.4, 0.5) is 0 Å². The highest BCUT2D eigenvalue weighted by Gasteiger charge is 2.19. The van der Waals surface area contributed by atoms with Crippen LogP contribution in [0.5, 0.6) is 0 Å². The van der Waals surface area contributed by atoms with Gasteiger partial charge in [0.15, 0.2) is 0 Å². The van der Waals surface area contributed by atoms with Gasteiger partial charge in [-0.25, -0.2) is 4.98 Å². The van der Waals surface area contributed by atoms with Crippen molar-refractivity contribution in [2.75, 3.05) is 0 Å². The third-order valence-corrected chi connectivity index (χ3v) is 3.48. The molecule has 1 aromatic carbocycles. The summed E-state index contributed by atoms with van der Waals surface area (Å²) in [7, 11) is 0. The average Bonchev–Trinajstić information content (AvgIpc) is 2.73. The second-order valence-electron chi connectivity index (χ2n) is 5.94. The molecule has 0 fully saturated rings. The molecule has 0 aliphatic heterocycles. The Morgan fingerprint density at radius 2 is 1.72 bits per heavy atom. The quantitative estimate of drug-likeness (QED) is 0.576. The summed E-state index contributed by atoms with van der Waals surface area (Å²) in [6, 6.07) is 8.47. The van der Waals surface area contributed by atoms with Crippen molar-refractivity contribution in [1.82, 2.24) is 9.38 Å². The average molecular weight is 238 g/mol. The van der Waals surface area contributed by atoms with Crippen LogP contribution in [0, 0.1) is 6.92 Å². The summed E-state index contributed by atoms with van der Waals surface area (Å²) in [5, 5.41) is 2.52. The fourth-order valence-corrected chi connectivity index (χ4v) is 2.53. The van der Waals surface area contributed by atoms with Crippen molar-refractivity contribution in [3.8, 4) is 0 Å². The number of imidazole rings is 1. The van der Waals surface area contributed by atoms with Gasteiger partial charge in [0.1, 0.15) is 5.65 Å². The molecule has 0 unspecified atom stereocenters. The molecular weight excluding hydrogens is 220 g/mol. The van der Waals surface area contributed by atoms with Crippen LogP contribution in [0.15, 0.2) is 36.7 Å². The van der Waals surface area contributed by atoms with Crippen molar-refractivity contribution in [3.63, 3.8) is 0 Å². The van der Waals surface area contributed by atoms with Crippen molar-refractivity contribution < 1.29 is 0 Å². The van der Waals surface area contributed by atoms with Crippen molar-refractivity contribution in [2.45, 2.75) is 33.1 Å². The molecule has 2 nitrogen and oxygen atoms in total. The molecule has 2 heterocycles. The summed E-state index contributed by atoms with van der Waals surface area (Å²) in [6.45, 7) is 8.83. The van der Waals surface area contributed by atoms with Crippen LogP contribution in [-0.2, 0) is 5.41 Å². The SMILES string of the molecule is Cc1cn2c(C(C)(C)C)cnc2c2ccccc12. The van der Waals surface area contributed by atoms with E-state index in [0.29, 0.717) is 0 Å². The van der Waals surface area contributed by atoms with Gasteiger partial charge in [0.05, 0.1) is 0 Å². The Bertz CT molecular complexity index is 730. The normalized spacial score (nSPS) is 12.4. The van der Waals surface area contributed by atoms with Crippen LogP contribution < -0.4 is 0 Å². The molecule has 0 saturated carbocycles. The largest absolute Gasteiger partial charge is 0.303 e. The molecule has 0 bridgehead atoms. The number of hydrogen-bond donors (Lipinski definition) is 0. The van der Waals surface area contributed by atoms with Crippen LogP contribution in [0.2, 0.25) is 0 Å². The highest BCUT2D eigenvalue weighted by molar-refractivity contribution is 5.96. The molecule has 3 aromatic rings. The van der Waals surface area contributed by atoms with Crippen molar-refractivity contribution >= 4 is 16.4 Å². The minimum Gasteiger partial charge on any atom is -0.303 e. The highest BCUT2D eigenvalue weighted by Crippen LogP contribution is 2.28. The zero-order chi connectivity index (χ0) is 12.9. The van der Waals surface area contributed by atoms with E-state index >= 15 is 0 Å². The van der Waals surface area contributed by atoms with Crippen molar-refractivity contribution in [1.29, 1.82) is 0 Å². The minimum absolute atomic E-state index is 0.105. The fourth-order valence-electron chi connectivity index (χ4n) is 2.53. The molecular formula is C16H18N2. The van der Waals surface area contributed by atoms with E-state index in [-0.39, 0.29) is 5.41 Å². The van der Waals surface area contributed by atoms with Crippen molar-refractivity contribution in [3.05, 3.63) is 47.9 Å². The maximum atomic E-state index is 4.62. The number of benzene rings is 1. The topological polar surface area (TPSA) is 17.3 Å². The lowest BCUT2D eigenvalue weighted by atomic mass is 9.93. The smallest absolute Gasteiger partial charge is 0.144 e. The van der Waals surface area contributed by atoms with E-state index in [1.807, 2.05) is 6.20 Å². The van der Waals surface area contributed by atoms with Gasteiger partial charge in [-0.05, 0) is 17.9 Å². The summed E-state index contributed by atoms with van der Waals surface area (Å²) in [5.41, 5.74) is 3.71. The van der Waals surface area contributed by atoms with Gasteiger partial charge in [0, 0.05) is 28.9 Å². The first-order valence-corrected chi connectivity index (χ1v) is 6.34. The molecule has 2 heteroatoms. The molecule has 0 aliphatic rings. The first-order valence-electron chi connectivity index (χ1n) is 6.34. The lowest BCUT2D eigenvalue weighted by molar-refractivity contribution is 0.563. The number of fused-ring (bicyclic) bond motifs is 3. The predicted molar refractivity (Wildman–Crippen MR) is 76.1 cm³/mol. The third-order valence-electron chi connectivity index (χ3n) is 3.48. The first-order chi connectivity index (χ1) is 8.48. The van der Waals surface area contributed by atoms with Crippen LogP contribution in [0.1, 0.15) is 32.0 Å². The van der Waals surface area contributed by atoms with Gasteiger partial charge in [-0.3, -0.25) is 0 Å². The number of aromatic nitrogens is 2. The Hall–Kier alpha value is -1.83. The molecule has 0 amide bonds. The summed E-state index contributed by atoms with van der Waals surface area (Å²) >= 11 is 0. The van der Waals surface area contributed by atoms with E-state index in [4.69, 9.17) is 0 Å². The van der Waals surface area contributed by atoms with Crippen LogP contribution in [0.3, 0.4) is 0 Å². The molecule has 3 rings (SSSR count). The van der Waals surface area contributed by atoms with Gasteiger partial charge >= 0.3 is 0 Å². The zero-order valence-electron chi connectivity index (χ0n) is 11.4. The molecule has 0 atom stereocenters. The van der Waals surface area contributed by atoms with Crippen LogP contribution in [-0.4, -0.2) is 9.38 Å².